The van der Waals surface area contributed by atoms with Gasteiger partial charge in [-0.1, -0.05) is 35.2 Å². The van der Waals surface area contributed by atoms with Crippen molar-refractivity contribution in [2.24, 2.45) is 5.11 Å². The second-order valence-electron chi connectivity index (χ2n) is 6.45. The second-order valence-corrected chi connectivity index (χ2v) is 9.82. The minimum atomic E-state index is -4.91. The molecule has 14 nitrogen and oxygen atoms in total. The smallest absolute Gasteiger partial charge is 0.355 e. The van der Waals surface area contributed by atoms with Crippen LogP contribution in [0, 0.1) is 0 Å². The lowest BCUT2D eigenvalue weighted by Crippen LogP contribution is -2.37. The molecule has 1 fully saturated rings. The van der Waals surface area contributed by atoms with E-state index in [-0.39, 0.29) is 33.1 Å². The molecule has 5 N–H and O–H groups in total. The largest absolute Gasteiger partial charge is 0.507 e. The highest BCUT2D eigenvalue weighted by molar-refractivity contribution is 8.36. The predicted octanol–water partition coefficient (Wildman–Crippen LogP) is 1.38. The molecule has 0 bridgehead atoms. The first-order valence-electron chi connectivity index (χ1n) is 8.64. The monoisotopic (exact) mass is 515 g/mol. The zero-order valence-electron chi connectivity index (χ0n) is 16.1. The molecule has 33 heavy (non-hydrogen) atoms. The van der Waals surface area contributed by atoms with Gasteiger partial charge in [-0.2, -0.15) is 8.42 Å². The van der Waals surface area contributed by atoms with Gasteiger partial charge in [0.1, 0.15) is 5.75 Å². The topological polar surface area (TPSA) is 224 Å². The third-order valence-electron chi connectivity index (χ3n) is 4.37. The van der Waals surface area contributed by atoms with Crippen molar-refractivity contribution in [1.82, 2.24) is 10.0 Å². The van der Waals surface area contributed by atoms with Gasteiger partial charge in [-0.15, -0.1) is 4.73 Å². The van der Waals surface area contributed by atoms with Crippen LogP contribution in [0.25, 0.3) is 10.4 Å². The minimum Gasteiger partial charge on any atom is -0.507 e. The molecule has 0 radical (unpaired) electrons. The molecule has 2 heterocycles. The van der Waals surface area contributed by atoms with E-state index in [9.17, 15) is 33.3 Å². The predicted molar refractivity (Wildman–Crippen MR) is 116 cm³/mol. The molecule has 1 amide bonds. The van der Waals surface area contributed by atoms with Gasteiger partial charge in [0, 0.05) is 23.2 Å². The third-order valence-corrected chi connectivity index (χ3v) is 7.20. The number of carbonyl (C=O) groups excluding carboxylic acids is 2. The molecule has 1 aliphatic heterocycles. The number of phenolic OH excluding ortho intramolecular Hbond substituents is 1. The maximum Gasteiger partial charge on any atom is 0.355 e. The molecule has 174 valence electrons. The van der Waals surface area contributed by atoms with E-state index >= 15 is 0 Å². The number of amides is 1. The lowest BCUT2D eigenvalue weighted by atomic mass is 10.1. The number of aromatic hydroxyl groups is 3. The third kappa shape index (κ3) is 4.81. The number of thioether (sulfide) groups is 1. The number of aromatic nitrogens is 1. The highest BCUT2D eigenvalue weighted by Gasteiger charge is 2.59. The Kier molecular flexibility index (Phi) is 6.44. The number of hydrogen-bond donors (Lipinski definition) is 5. The van der Waals surface area contributed by atoms with Gasteiger partial charge in [0.15, 0.2) is 9.64 Å². The number of carbonyl (C=O) groups is 2. The van der Waals surface area contributed by atoms with Gasteiger partial charge in [0.2, 0.25) is 5.88 Å². The molecule has 1 saturated heterocycles. The number of nitrogens with zero attached hydrogens (tertiary/aromatic N) is 4. The van der Waals surface area contributed by atoms with Crippen LogP contribution in [0.15, 0.2) is 34.3 Å². The van der Waals surface area contributed by atoms with Crippen molar-refractivity contribution >= 4 is 55.9 Å². The van der Waals surface area contributed by atoms with E-state index in [1.54, 1.807) is 0 Å². The lowest BCUT2D eigenvalue weighted by molar-refractivity contribution is -0.146. The Labute approximate surface area is 194 Å². The Morgan fingerprint density at radius 2 is 1.97 bits per heavy atom. The van der Waals surface area contributed by atoms with Crippen molar-refractivity contribution < 1.29 is 42.7 Å². The lowest BCUT2D eigenvalue weighted by Gasteiger charge is -2.14. The number of benzene rings is 1. The molecule has 1 aliphatic rings. The van der Waals surface area contributed by atoms with Crippen LogP contribution in [-0.4, -0.2) is 60.4 Å². The average molecular weight is 516 g/mol. The van der Waals surface area contributed by atoms with E-state index in [1.165, 1.54) is 12.1 Å². The first kappa shape index (κ1) is 24.1. The van der Waals surface area contributed by atoms with E-state index < -0.39 is 49.1 Å². The molecular weight excluding hydrogens is 502 g/mol. The normalized spacial score (nSPS) is 17.2. The number of thiocarbonyl (C=S) groups is 1. The van der Waals surface area contributed by atoms with Crippen LogP contribution in [0.4, 0.5) is 5.69 Å². The Hall–Kier alpha value is -3.50. The van der Waals surface area contributed by atoms with E-state index in [0.717, 1.165) is 17.8 Å². The summed E-state index contributed by atoms with van der Waals surface area (Å²) in [4.78, 5) is 31.2. The molecule has 3 rings (SSSR count). The summed E-state index contributed by atoms with van der Waals surface area (Å²) in [6.07, 6.45) is -0.0768. The van der Waals surface area contributed by atoms with E-state index in [0.29, 0.717) is 6.07 Å². The number of hydrogen-bond acceptors (Lipinski definition) is 11. The Balaban J connectivity index is 1.67. The zero-order chi connectivity index (χ0) is 24.6. The molecular formula is C16H13N5O9S3. The molecule has 2 aromatic rings. The van der Waals surface area contributed by atoms with Crippen LogP contribution in [0.5, 0.6) is 17.5 Å². The van der Waals surface area contributed by atoms with Crippen molar-refractivity contribution in [2.75, 3.05) is 6.54 Å². The Morgan fingerprint density at radius 3 is 2.48 bits per heavy atom. The summed E-state index contributed by atoms with van der Waals surface area (Å²) in [5, 5.41) is 35.3. The Bertz CT molecular complexity index is 1330. The number of nitrogens with one attached hydrogen (secondary N) is 1. The molecule has 1 unspecified atom stereocenters. The maximum absolute atomic E-state index is 12.6. The van der Waals surface area contributed by atoms with E-state index in [2.05, 4.69) is 15.3 Å². The highest BCUT2D eigenvalue weighted by Crippen LogP contribution is 2.51. The van der Waals surface area contributed by atoms with Gasteiger partial charge in [0.05, 0.1) is 9.76 Å². The van der Waals surface area contributed by atoms with Gasteiger partial charge >= 0.3 is 5.97 Å². The second kappa shape index (κ2) is 8.80. The Morgan fingerprint density at radius 1 is 1.30 bits per heavy atom. The number of rotatable bonds is 8. The summed E-state index contributed by atoms with van der Waals surface area (Å²) in [6.45, 7) is -0.113. The van der Waals surface area contributed by atoms with Gasteiger partial charge in [-0.05, 0) is 24.1 Å². The molecule has 17 heteroatoms. The van der Waals surface area contributed by atoms with E-state index in [4.69, 9.17) is 27.1 Å². The van der Waals surface area contributed by atoms with Gasteiger partial charge in [0.25, 0.3) is 21.9 Å². The summed E-state index contributed by atoms with van der Waals surface area (Å²) in [5.74, 6) is -4.41. The van der Waals surface area contributed by atoms with Gasteiger partial charge in [-0.25, -0.2) is 4.79 Å². The standard InChI is InChI=1S/C16H13N5O9S3/c17-20-19-7-1-2-8(9(22)5-7)12(24)18-4-3-16(15(31)32-16)14(26)30-21-11(23)6-10(13(21)25)33(27,28)29/h1-2,5-6,22-23,25H,3-4H2,(H,18,24)(H,27,28,29). The van der Waals surface area contributed by atoms with Crippen molar-refractivity contribution in [3.63, 3.8) is 0 Å². The molecule has 0 saturated carbocycles. The molecule has 1 aromatic heterocycles. The van der Waals surface area contributed by atoms with Gasteiger partial charge < -0.3 is 25.5 Å². The fourth-order valence-electron chi connectivity index (χ4n) is 2.67. The number of azide groups is 1. The fourth-order valence-corrected chi connectivity index (χ4v) is 4.63. The van der Waals surface area contributed by atoms with Crippen molar-refractivity contribution in [3.8, 4) is 17.5 Å². The van der Waals surface area contributed by atoms with Crippen LogP contribution in [-0.2, 0) is 14.9 Å². The van der Waals surface area contributed by atoms with Crippen molar-refractivity contribution in [1.29, 1.82) is 0 Å². The molecule has 1 aromatic carbocycles. The summed E-state index contributed by atoms with van der Waals surface area (Å²) < 4.78 is 30.3. The van der Waals surface area contributed by atoms with Crippen LogP contribution in [0.2, 0.25) is 0 Å². The molecule has 0 aliphatic carbocycles. The molecule has 1 atom stereocenters. The van der Waals surface area contributed by atoms with Crippen LogP contribution in [0.1, 0.15) is 16.8 Å². The van der Waals surface area contributed by atoms with Crippen molar-refractivity contribution in [3.05, 3.63) is 40.3 Å². The van der Waals surface area contributed by atoms with Crippen LogP contribution < -0.4 is 10.2 Å². The first-order chi connectivity index (χ1) is 15.4. The van der Waals surface area contributed by atoms with Crippen molar-refractivity contribution in [2.45, 2.75) is 16.1 Å². The summed E-state index contributed by atoms with van der Waals surface area (Å²) in [5.41, 5.74) is 8.38. The molecule has 0 spiro atoms. The van der Waals surface area contributed by atoms with Gasteiger partial charge in [-0.3, -0.25) is 9.35 Å². The SMILES string of the molecule is [N-]=[N+]=Nc1ccc(C(=O)NCCC2(C(=O)On3c(O)cc(S(=O)(=O)O)c3O)SC2=S)c(O)c1. The average Bonchev–Trinajstić information content (AvgIpc) is 3.30. The summed E-state index contributed by atoms with van der Waals surface area (Å²) in [7, 11) is -4.91. The highest BCUT2D eigenvalue weighted by atomic mass is 32.2. The fraction of sp³-hybridized carbons (Fsp3) is 0.188. The zero-order valence-corrected chi connectivity index (χ0v) is 18.5. The van der Waals surface area contributed by atoms with Crippen LogP contribution in [0.3, 0.4) is 0 Å². The van der Waals surface area contributed by atoms with Crippen LogP contribution >= 0.6 is 24.0 Å². The summed E-state index contributed by atoms with van der Waals surface area (Å²) in [6, 6.07) is 4.12. The number of phenols is 1. The maximum atomic E-state index is 12.6. The van der Waals surface area contributed by atoms with E-state index in [1.807, 2.05) is 0 Å². The first-order valence-corrected chi connectivity index (χ1v) is 11.3. The summed E-state index contributed by atoms with van der Waals surface area (Å²) >= 11 is 5.95. The quantitative estimate of drug-likeness (QED) is 0.0842. The minimum absolute atomic E-state index is 0.0768.